The summed E-state index contributed by atoms with van der Waals surface area (Å²) in [6, 6.07) is 1.51. The Morgan fingerprint density at radius 2 is 2.38 bits per heavy atom. The summed E-state index contributed by atoms with van der Waals surface area (Å²) in [5.41, 5.74) is 0.278. The molecular formula is C12H16FNO2. The summed E-state index contributed by atoms with van der Waals surface area (Å²) in [4.78, 5) is 3.67. The summed E-state index contributed by atoms with van der Waals surface area (Å²) < 4.78 is 18.9. The van der Waals surface area contributed by atoms with E-state index in [2.05, 4.69) is 4.98 Å². The van der Waals surface area contributed by atoms with Crippen LogP contribution in [0, 0.1) is 11.7 Å². The second-order valence-electron chi connectivity index (χ2n) is 4.10. The summed E-state index contributed by atoms with van der Waals surface area (Å²) in [7, 11) is 0. The van der Waals surface area contributed by atoms with Gasteiger partial charge in [-0.15, -0.1) is 0 Å². The Kier molecular flexibility index (Phi) is 3.51. The van der Waals surface area contributed by atoms with E-state index < -0.39 is 11.9 Å². The van der Waals surface area contributed by atoms with Crippen molar-refractivity contribution in [2.45, 2.75) is 32.0 Å². The van der Waals surface area contributed by atoms with Crippen LogP contribution in [-0.4, -0.2) is 22.8 Å². The van der Waals surface area contributed by atoms with Crippen LogP contribution in [0.25, 0.3) is 0 Å². The largest absolute Gasteiger partial charge is 0.386 e. The Morgan fingerprint density at radius 1 is 1.62 bits per heavy atom. The van der Waals surface area contributed by atoms with Crippen LogP contribution < -0.4 is 0 Å². The van der Waals surface area contributed by atoms with E-state index in [0.29, 0.717) is 12.5 Å². The Balaban J connectivity index is 2.15. The fourth-order valence-electron chi connectivity index (χ4n) is 1.91. The molecule has 0 amide bonds. The van der Waals surface area contributed by atoms with E-state index in [0.717, 1.165) is 19.0 Å². The van der Waals surface area contributed by atoms with Crippen LogP contribution in [0.15, 0.2) is 18.5 Å². The topological polar surface area (TPSA) is 42.4 Å². The lowest BCUT2D eigenvalue weighted by molar-refractivity contribution is -0.0475. The number of aromatic nitrogens is 1. The molecule has 1 aromatic rings. The molecule has 1 fully saturated rings. The molecule has 1 aliphatic carbocycles. The van der Waals surface area contributed by atoms with Crippen molar-refractivity contribution in [1.82, 2.24) is 4.98 Å². The molecule has 1 heterocycles. The number of rotatable bonds is 5. The van der Waals surface area contributed by atoms with Gasteiger partial charge in [-0.25, -0.2) is 4.39 Å². The third-order valence-electron chi connectivity index (χ3n) is 2.88. The molecule has 0 aliphatic heterocycles. The second kappa shape index (κ2) is 4.89. The van der Waals surface area contributed by atoms with Crippen LogP contribution in [0.4, 0.5) is 4.39 Å². The van der Waals surface area contributed by atoms with Crippen molar-refractivity contribution in [2.24, 2.45) is 5.92 Å². The molecule has 0 spiro atoms. The van der Waals surface area contributed by atoms with Crippen LogP contribution in [0.1, 0.15) is 31.4 Å². The number of aliphatic hydroxyl groups excluding tert-OH is 1. The van der Waals surface area contributed by atoms with E-state index >= 15 is 0 Å². The van der Waals surface area contributed by atoms with Gasteiger partial charge in [0.1, 0.15) is 11.9 Å². The maximum atomic E-state index is 13.4. The highest BCUT2D eigenvalue weighted by Gasteiger charge is 2.38. The zero-order valence-corrected chi connectivity index (χ0v) is 9.27. The number of hydrogen-bond donors (Lipinski definition) is 1. The number of pyridine rings is 1. The molecule has 0 bridgehead atoms. The van der Waals surface area contributed by atoms with Crippen LogP contribution >= 0.6 is 0 Å². The SMILES string of the molecule is CCOC(C1CC1)C(O)c1ccncc1F. The molecule has 3 nitrogen and oxygen atoms in total. The minimum Gasteiger partial charge on any atom is -0.386 e. The molecular weight excluding hydrogens is 209 g/mol. The summed E-state index contributed by atoms with van der Waals surface area (Å²) in [5, 5.41) is 10.1. The molecule has 2 rings (SSSR count). The van der Waals surface area contributed by atoms with Crippen molar-refractivity contribution in [3.8, 4) is 0 Å². The number of halogens is 1. The summed E-state index contributed by atoms with van der Waals surface area (Å²) in [6.45, 7) is 2.41. The van der Waals surface area contributed by atoms with Crippen molar-refractivity contribution in [3.63, 3.8) is 0 Å². The smallest absolute Gasteiger partial charge is 0.147 e. The van der Waals surface area contributed by atoms with Crippen molar-refractivity contribution in [2.75, 3.05) is 6.61 Å². The first-order valence-corrected chi connectivity index (χ1v) is 5.63. The van der Waals surface area contributed by atoms with Gasteiger partial charge in [-0.3, -0.25) is 4.98 Å². The first-order chi connectivity index (χ1) is 7.74. The third kappa shape index (κ3) is 2.39. The number of ether oxygens (including phenoxy) is 1. The van der Waals surface area contributed by atoms with Crippen molar-refractivity contribution in [3.05, 3.63) is 29.8 Å². The van der Waals surface area contributed by atoms with Gasteiger partial charge in [-0.1, -0.05) is 0 Å². The third-order valence-corrected chi connectivity index (χ3v) is 2.88. The van der Waals surface area contributed by atoms with Crippen LogP contribution in [-0.2, 0) is 4.74 Å². The Morgan fingerprint density at radius 3 is 2.94 bits per heavy atom. The second-order valence-corrected chi connectivity index (χ2v) is 4.10. The molecule has 2 atom stereocenters. The fraction of sp³-hybridized carbons (Fsp3) is 0.583. The van der Waals surface area contributed by atoms with Crippen LogP contribution in [0.5, 0.6) is 0 Å². The van der Waals surface area contributed by atoms with Gasteiger partial charge in [-0.05, 0) is 31.7 Å². The van der Waals surface area contributed by atoms with Crippen molar-refractivity contribution >= 4 is 0 Å². The molecule has 4 heteroatoms. The molecule has 1 N–H and O–H groups in total. The highest BCUT2D eigenvalue weighted by atomic mass is 19.1. The standard InChI is InChI=1S/C12H16FNO2/c1-2-16-12(8-3-4-8)11(15)9-5-6-14-7-10(9)13/h5-8,11-12,15H,2-4H2,1H3. The lowest BCUT2D eigenvalue weighted by atomic mass is 10.0. The molecule has 2 unspecified atom stereocenters. The molecule has 1 aliphatic rings. The fourth-order valence-corrected chi connectivity index (χ4v) is 1.91. The van der Waals surface area contributed by atoms with Gasteiger partial charge < -0.3 is 9.84 Å². The van der Waals surface area contributed by atoms with Gasteiger partial charge in [0.2, 0.25) is 0 Å². The zero-order chi connectivity index (χ0) is 11.5. The maximum Gasteiger partial charge on any atom is 0.147 e. The monoisotopic (exact) mass is 225 g/mol. The average Bonchev–Trinajstić information content (AvgIpc) is 3.09. The lowest BCUT2D eigenvalue weighted by Gasteiger charge is -2.23. The van der Waals surface area contributed by atoms with Gasteiger partial charge in [-0.2, -0.15) is 0 Å². The van der Waals surface area contributed by atoms with E-state index in [4.69, 9.17) is 4.74 Å². The van der Waals surface area contributed by atoms with E-state index in [-0.39, 0.29) is 11.7 Å². The first-order valence-electron chi connectivity index (χ1n) is 5.63. The van der Waals surface area contributed by atoms with Crippen LogP contribution in [0.3, 0.4) is 0 Å². The van der Waals surface area contributed by atoms with Gasteiger partial charge in [0, 0.05) is 18.4 Å². The molecule has 0 saturated heterocycles. The number of hydrogen-bond acceptors (Lipinski definition) is 3. The predicted molar refractivity (Wildman–Crippen MR) is 57.3 cm³/mol. The van der Waals surface area contributed by atoms with Crippen molar-refractivity contribution in [1.29, 1.82) is 0 Å². The Bertz CT molecular complexity index is 355. The Hall–Kier alpha value is -1.00. The molecule has 88 valence electrons. The highest BCUT2D eigenvalue weighted by molar-refractivity contribution is 5.17. The van der Waals surface area contributed by atoms with Crippen LogP contribution in [0.2, 0.25) is 0 Å². The van der Waals surface area contributed by atoms with Gasteiger partial charge >= 0.3 is 0 Å². The van der Waals surface area contributed by atoms with E-state index in [9.17, 15) is 9.50 Å². The normalized spacial score (nSPS) is 19.4. The molecule has 16 heavy (non-hydrogen) atoms. The molecule has 1 saturated carbocycles. The first kappa shape index (κ1) is 11.5. The van der Waals surface area contributed by atoms with Gasteiger partial charge in [0.15, 0.2) is 0 Å². The average molecular weight is 225 g/mol. The van der Waals surface area contributed by atoms with E-state index in [1.807, 2.05) is 6.92 Å². The molecule has 1 aromatic heterocycles. The number of aliphatic hydroxyl groups is 1. The molecule has 0 aromatic carbocycles. The summed E-state index contributed by atoms with van der Waals surface area (Å²) in [6.07, 6.45) is 3.52. The highest BCUT2D eigenvalue weighted by Crippen LogP contribution is 2.40. The van der Waals surface area contributed by atoms with E-state index in [1.54, 1.807) is 0 Å². The minimum atomic E-state index is -0.893. The van der Waals surface area contributed by atoms with E-state index in [1.165, 1.54) is 12.3 Å². The van der Waals surface area contributed by atoms with Crippen molar-refractivity contribution < 1.29 is 14.2 Å². The minimum absolute atomic E-state index is 0.278. The number of nitrogens with zero attached hydrogens (tertiary/aromatic N) is 1. The summed E-state index contributed by atoms with van der Waals surface area (Å²) in [5.74, 6) is -0.108. The molecule has 0 radical (unpaired) electrons. The lowest BCUT2D eigenvalue weighted by Crippen LogP contribution is -2.25. The quantitative estimate of drug-likeness (QED) is 0.834. The zero-order valence-electron chi connectivity index (χ0n) is 9.27. The van der Waals surface area contributed by atoms with Gasteiger partial charge in [0.05, 0.1) is 12.3 Å². The van der Waals surface area contributed by atoms with Gasteiger partial charge in [0.25, 0.3) is 0 Å². The summed E-state index contributed by atoms with van der Waals surface area (Å²) >= 11 is 0. The predicted octanol–water partition coefficient (Wildman–Crippen LogP) is 2.07. The maximum absolute atomic E-state index is 13.4. The Labute approximate surface area is 94.3 Å².